The van der Waals surface area contributed by atoms with E-state index in [1.54, 1.807) is 35.7 Å². The fraction of sp³-hybridized carbons (Fsp3) is 0.130. The maximum Gasteiger partial charge on any atom is 0.347 e. The van der Waals surface area contributed by atoms with Crippen LogP contribution in [0.2, 0.25) is 0 Å². The first-order chi connectivity index (χ1) is 14.1. The lowest BCUT2D eigenvalue weighted by molar-refractivity contribution is -0.154. The number of anilines is 2. The van der Waals surface area contributed by atoms with Gasteiger partial charge in [0.1, 0.15) is 5.75 Å². The van der Waals surface area contributed by atoms with Gasteiger partial charge < -0.3 is 9.47 Å². The van der Waals surface area contributed by atoms with Crippen LogP contribution < -0.4 is 9.64 Å². The van der Waals surface area contributed by atoms with Crippen LogP contribution in [-0.4, -0.2) is 24.6 Å². The molecule has 5 nitrogen and oxygen atoms in total. The summed E-state index contributed by atoms with van der Waals surface area (Å²) in [5.74, 6) is -0.334. The normalized spacial score (nSPS) is 13.1. The molecule has 0 bridgehead atoms. The van der Waals surface area contributed by atoms with Crippen molar-refractivity contribution in [3.05, 3.63) is 78.9 Å². The summed E-state index contributed by atoms with van der Waals surface area (Å²) in [6, 6.07) is 24.4. The second-order valence-corrected chi connectivity index (χ2v) is 7.53. The highest BCUT2D eigenvalue weighted by atomic mass is 32.2. The minimum absolute atomic E-state index is 0.314. The molecule has 6 heteroatoms. The van der Waals surface area contributed by atoms with E-state index < -0.39 is 12.1 Å². The standard InChI is InChI=1S/C23H19NO4S/c1-16(28-17-9-3-2-4-10-17)23(26)27-15-22(25)24-18-11-5-7-13-20(18)29-21-14-8-6-12-19(21)24/h2-14,16H,15H2,1H3/t16-/m1/s1. The predicted molar refractivity (Wildman–Crippen MR) is 112 cm³/mol. The Labute approximate surface area is 173 Å². The van der Waals surface area contributed by atoms with Crippen LogP contribution in [0.3, 0.4) is 0 Å². The smallest absolute Gasteiger partial charge is 0.347 e. The average Bonchev–Trinajstić information content (AvgIpc) is 2.76. The summed E-state index contributed by atoms with van der Waals surface area (Å²) in [4.78, 5) is 28.9. The van der Waals surface area contributed by atoms with Crippen molar-refractivity contribution in [1.82, 2.24) is 0 Å². The molecule has 1 aliphatic rings. The Hall–Kier alpha value is -3.25. The van der Waals surface area contributed by atoms with Crippen LogP contribution >= 0.6 is 11.8 Å². The summed E-state index contributed by atoms with van der Waals surface area (Å²) in [6.07, 6.45) is -0.818. The molecule has 1 aliphatic heterocycles. The summed E-state index contributed by atoms with van der Waals surface area (Å²) in [7, 11) is 0. The number of amides is 1. The van der Waals surface area contributed by atoms with Gasteiger partial charge in [0.05, 0.1) is 11.4 Å². The van der Waals surface area contributed by atoms with Gasteiger partial charge in [0.15, 0.2) is 12.7 Å². The van der Waals surface area contributed by atoms with Crippen molar-refractivity contribution in [2.24, 2.45) is 0 Å². The third-order valence-electron chi connectivity index (χ3n) is 4.41. The van der Waals surface area contributed by atoms with Crippen molar-refractivity contribution >= 4 is 35.0 Å². The first kappa shape index (κ1) is 19.1. The van der Waals surface area contributed by atoms with Gasteiger partial charge in [0, 0.05) is 9.79 Å². The van der Waals surface area contributed by atoms with E-state index in [4.69, 9.17) is 9.47 Å². The number of nitrogens with zero attached hydrogens (tertiary/aromatic N) is 1. The molecule has 0 fully saturated rings. The van der Waals surface area contributed by atoms with Crippen LogP contribution in [0.5, 0.6) is 5.75 Å². The molecule has 1 atom stereocenters. The Balaban J connectivity index is 1.47. The van der Waals surface area contributed by atoms with Crippen LogP contribution in [0.4, 0.5) is 11.4 Å². The minimum atomic E-state index is -0.818. The molecule has 0 unspecified atom stereocenters. The number of carbonyl (C=O) groups is 2. The monoisotopic (exact) mass is 405 g/mol. The number of hydrogen-bond donors (Lipinski definition) is 0. The van der Waals surface area contributed by atoms with Crippen molar-refractivity contribution in [3.63, 3.8) is 0 Å². The van der Waals surface area contributed by atoms with Gasteiger partial charge in [0.25, 0.3) is 5.91 Å². The highest BCUT2D eigenvalue weighted by Gasteiger charge is 2.29. The molecule has 0 saturated carbocycles. The molecule has 29 heavy (non-hydrogen) atoms. The van der Waals surface area contributed by atoms with E-state index in [0.29, 0.717) is 5.75 Å². The number of benzene rings is 3. The Morgan fingerprint density at radius 2 is 1.41 bits per heavy atom. The molecule has 0 N–H and O–H groups in total. The molecule has 0 aliphatic carbocycles. The molecule has 0 spiro atoms. The van der Waals surface area contributed by atoms with Gasteiger partial charge in [-0.1, -0.05) is 54.2 Å². The Kier molecular flexibility index (Phi) is 5.53. The van der Waals surface area contributed by atoms with Crippen molar-refractivity contribution in [2.75, 3.05) is 11.5 Å². The number of ether oxygens (including phenoxy) is 2. The third-order valence-corrected chi connectivity index (χ3v) is 5.54. The van der Waals surface area contributed by atoms with Gasteiger partial charge in [-0.05, 0) is 43.3 Å². The van der Waals surface area contributed by atoms with Gasteiger partial charge >= 0.3 is 5.97 Å². The number of carbonyl (C=O) groups excluding carboxylic acids is 2. The van der Waals surface area contributed by atoms with Gasteiger partial charge in [-0.3, -0.25) is 9.69 Å². The second-order valence-electron chi connectivity index (χ2n) is 6.45. The average molecular weight is 405 g/mol. The Bertz CT molecular complexity index is 992. The Morgan fingerprint density at radius 1 is 0.862 bits per heavy atom. The van der Waals surface area contributed by atoms with E-state index in [1.807, 2.05) is 66.7 Å². The van der Waals surface area contributed by atoms with Gasteiger partial charge in [-0.25, -0.2) is 4.79 Å². The topological polar surface area (TPSA) is 55.8 Å². The maximum atomic E-state index is 13.0. The highest BCUT2D eigenvalue weighted by molar-refractivity contribution is 7.99. The molecular formula is C23H19NO4S. The molecule has 4 rings (SSSR count). The number of esters is 1. The van der Waals surface area contributed by atoms with Crippen LogP contribution in [0.15, 0.2) is 88.7 Å². The van der Waals surface area contributed by atoms with E-state index >= 15 is 0 Å². The zero-order valence-corrected chi connectivity index (χ0v) is 16.6. The van der Waals surface area contributed by atoms with Crippen LogP contribution in [0.1, 0.15) is 6.92 Å². The molecular weight excluding hydrogens is 386 g/mol. The summed E-state index contributed by atoms with van der Waals surface area (Å²) in [5.41, 5.74) is 1.57. The fourth-order valence-electron chi connectivity index (χ4n) is 3.04. The number of para-hydroxylation sites is 3. The fourth-order valence-corrected chi connectivity index (χ4v) is 4.10. The maximum absolute atomic E-state index is 13.0. The van der Waals surface area contributed by atoms with Crippen molar-refractivity contribution in [1.29, 1.82) is 0 Å². The van der Waals surface area contributed by atoms with Crippen LogP contribution in [-0.2, 0) is 14.3 Å². The highest BCUT2D eigenvalue weighted by Crippen LogP contribution is 2.47. The molecule has 0 saturated heterocycles. The summed E-state index contributed by atoms with van der Waals surface area (Å²) >= 11 is 1.61. The summed E-state index contributed by atoms with van der Waals surface area (Å²) < 4.78 is 10.8. The van der Waals surface area contributed by atoms with Crippen LogP contribution in [0.25, 0.3) is 0 Å². The largest absolute Gasteiger partial charge is 0.479 e. The number of rotatable bonds is 5. The summed E-state index contributed by atoms with van der Waals surface area (Å²) in [5, 5.41) is 0. The number of hydrogen-bond acceptors (Lipinski definition) is 5. The molecule has 3 aromatic carbocycles. The van der Waals surface area contributed by atoms with E-state index in [0.717, 1.165) is 21.2 Å². The van der Waals surface area contributed by atoms with E-state index in [2.05, 4.69) is 0 Å². The minimum Gasteiger partial charge on any atom is -0.479 e. The predicted octanol–water partition coefficient (Wildman–Crippen LogP) is 4.83. The van der Waals surface area contributed by atoms with Crippen molar-refractivity contribution in [2.45, 2.75) is 22.8 Å². The lowest BCUT2D eigenvalue weighted by Gasteiger charge is -2.30. The molecule has 3 aromatic rings. The lowest BCUT2D eigenvalue weighted by Crippen LogP contribution is -2.35. The zero-order chi connectivity index (χ0) is 20.2. The SMILES string of the molecule is C[C@@H](Oc1ccccc1)C(=O)OCC(=O)N1c2ccccc2Sc2ccccc21. The molecule has 1 amide bonds. The molecule has 1 heterocycles. The summed E-state index contributed by atoms with van der Waals surface area (Å²) in [6.45, 7) is 1.23. The quantitative estimate of drug-likeness (QED) is 0.569. The first-order valence-electron chi connectivity index (χ1n) is 9.20. The third kappa shape index (κ3) is 4.12. The van der Waals surface area contributed by atoms with Gasteiger partial charge in [0.2, 0.25) is 0 Å². The van der Waals surface area contributed by atoms with Crippen molar-refractivity contribution < 1.29 is 19.1 Å². The molecule has 0 aromatic heterocycles. The first-order valence-corrected chi connectivity index (χ1v) is 10.0. The lowest BCUT2D eigenvalue weighted by atomic mass is 10.2. The van der Waals surface area contributed by atoms with E-state index in [1.165, 1.54) is 0 Å². The van der Waals surface area contributed by atoms with E-state index in [9.17, 15) is 9.59 Å². The van der Waals surface area contributed by atoms with Crippen LogP contribution in [0, 0.1) is 0 Å². The molecule has 146 valence electrons. The van der Waals surface area contributed by atoms with E-state index in [-0.39, 0.29) is 12.5 Å². The van der Waals surface area contributed by atoms with Gasteiger partial charge in [-0.2, -0.15) is 0 Å². The van der Waals surface area contributed by atoms with Gasteiger partial charge in [-0.15, -0.1) is 0 Å². The zero-order valence-electron chi connectivity index (χ0n) is 15.8. The van der Waals surface area contributed by atoms with Crippen molar-refractivity contribution in [3.8, 4) is 5.75 Å². The second kappa shape index (κ2) is 8.41. The number of fused-ring (bicyclic) bond motifs is 2. The Morgan fingerprint density at radius 3 is 2.03 bits per heavy atom. The molecule has 0 radical (unpaired) electrons.